The monoisotopic (exact) mass is 610 g/mol. The summed E-state index contributed by atoms with van der Waals surface area (Å²) in [5.74, 6) is 0. The van der Waals surface area contributed by atoms with Crippen LogP contribution in [-0.4, -0.2) is 103 Å². The summed E-state index contributed by atoms with van der Waals surface area (Å²) < 4.78 is 56.6. The molecule has 0 aliphatic heterocycles. The lowest BCUT2D eigenvalue weighted by Crippen LogP contribution is -2.59. The Kier molecular flexibility index (Phi) is 18.0. The summed E-state index contributed by atoms with van der Waals surface area (Å²) in [6.45, 7) is 20.7. The van der Waals surface area contributed by atoms with Crippen LogP contribution >= 0.6 is 0 Å². The fourth-order valence-electron chi connectivity index (χ4n) is 2.40. The van der Waals surface area contributed by atoms with Crippen molar-refractivity contribution in [3.8, 4) is 0 Å². The summed E-state index contributed by atoms with van der Waals surface area (Å²) in [4.78, 5) is 32.4. The molecular formula is C18H47AlO13Si4-. The largest absolute Gasteiger partial charge is 0.669 e. The van der Waals surface area contributed by atoms with Gasteiger partial charge in [0.05, 0.1) is 0 Å². The van der Waals surface area contributed by atoms with Crippen LogP contribution < -0.4 is 0 Å². The average Bonchev–Trinajstić information content (AvgIpc) is 2.55. The number of hydrogen-bond acceptors (Lipinski definition) is 13. The highest BCUT2D eigenvalue weighted by Crippen LogP contribution is 2.19. The summed E-state index contributed by atoms with van der Waals surface area (Å²) in [6, 6.07) is 0. The van der Waals surface area contributed by atoms with E-state index in [9.17, 15) is 14.4 Å². The molecule has 0 amide bonds. The van der Waals surface area contributed by atoms with E-state index in [1.54, 1.807) is 83.1 Å². The van der Waals surface area contributed by atoms with E-state index in [2.05, 4.69) is 0 Å². The lowest BCUT2D eigenvalue weighted by molar-refractivity contribution is -0.0281. The van der Waals surface area contributed by atoms with Crippen molar-refractivity contribution in [1.29, 1.82) is 0 Å². The van der Waals surface area contributed by atoms with Crippen LogP contribution in [0.25, 0.3) is 0 Å². The zero-order valence-corrected chi connectivity index (χ0v) is 29.1. The molecule has 0 saturated heterocycles. The second-order valence-corrected chi connectivity index (χ2v) is 18.8. The Morgan fingerprint density at radius 1 is 0.583 bits per heavy atom. The van der Waals surface area contributed by atoms with Crippen LogP contribution in [0, 0.1) is 0 Å². The molecule has 0 saturated carbocycles. The summed E-state index contributed by atoms with van der Waals surface area (Å²) >= 11 is -3.32. The third-order valence-electron chi connectivity index (χ3n) is 3.27. The SMILES string of the molecule is CC(C)[O][Al-]([O][Si@@H](OC(C)C)O[Si](O)(OC(C)C)OC(C)C)[O][Si@@](O)(OC(C)C)O[Si@@H](O)OC(C)C. The predicted octanol–water partition coefficient (Wildman–Crippen LogP) is 0.870. The highest BCUT2D eigenvalue weighted by Gasteiger charge is 2.49. The molecule has 0 aromatic heterocycles. The van der Waals surface area contributed by atoms with Gasteiger partial charge in [-0.25, -0.2) is 0 Å². The van der Waals surface area contributed by atoms with Crippen LogP contribution in [-0.2, 0) is 41.1 Å². The second-order valence-electron chi connectivity index (χ2n) is 9.48. The third kappa shape index (κ3) is 18.2. The van der Waals surface area contributed by atoms with Gasteiger partial charge in [-0.2, -0.15) is 0 Å². The van der Waals surface area contributed by atoms with Crippen molar-refractivity contribution < 1.29 is 55.5 Å². The van der Waals surface area contributed by atoms with Crippen molar-refractivity contribution in [2.75, 3.05) is 0 Å². The average molecular weight is 611 g/mol. The molecule has 217 valence electrons. The van der Waals surface area contributed by atoms with Gasteiger partial charge in [0.25, 0.3) is 0 Å². The van der Waals surface area contributed by atoms with E-state index in [1.165, 1.54) is 0 Å². The van der Waals surface area contributed by atoms with Crippen LogP contribution in [0.15, 0.2) is 0 Å². The van der Waals surface area contributed by atoms with Gasteiger partial charge in [-0.1, -0.05) is 0 Å². The van der Waals surface area contributed by atoms with Crippen molar-refractivity contribution in [2.24, 2.45) is 0 Å². The van der Waals surface area contributed by atoms with Crippen LogP contribution in [0.4, 0.5) is 0 Å². The van der Waals surface area contributed by atoms with Crippen LogP contribution in [0.2, 0.25) is 0 Å². The summed E-state index contributed by atoms with van der Waals surface area (Å²) in [7, 11) is -15.2. The fourth-order valence-corrected chi connectivity index (χ4v) is 13.5. The van der Waals surface area contributed by atoms with Crippen molar-refractivity contribution in [3.05, 3.63) is 0 Å². The van der Waals surface area contributed by atoms with Crippen molar-refractivity contribution in [2.45, 2.75) is 120 Å². The molecule has 0 spiro atoms. The molecular weight excluding hydrogens is 564 g/mol. The number of rotatable bonds is 20. The van der Waals surface area contributed by atoms with Crippen molar-refractivity contribution in [1.82, 2.24) is 0 Å². The Hall–Kier alpha value is 0.880. The van der Waals surface area contributed by atoms with Crippen LogP contribution in [0.1, 0.15) is 83.1 Å². The minimum Gasteiger partial charge on any atom is -0.640 e. The number of hydrogen-bond donors (Lipinski definition) is 3. The Bertz CT molecular complexity index is 581. The van der Waals surface area contributed by atoms with Gasteiger partial charge < -0.3 is 55.5 Å². The highest BCUT2D eigenvalue weighted by molar-refractivity contribution is 6.69. The predicted molar refractivity (Wildman–Crippen MR) is 140 cm³/mol. The Labute approximate surface area is 227 Å². The normalized spacial score (nSPS) is 16.8. The first-order chi connectivity index (χ1) is 16.3. The fraction of sp³-hybridized carbons (Fsp3) is 1.00. The quantitative estimate of drug-likeness (QED) is 0.167. The maximum Gasteiger partial charge on any atom is 0.669 e. The van der Waals surface area contributed by atoms with E-state index in [1.807, 2.05) is 0 Å². The second kappa shape index (κ2) is 17.5. The molecule has 0 aromatic rings. The summed E-state index contributed by atoms with van der Waals surface area (Å²) in [6.07, 6.45) is -2.37. The summed E-state index contributed by atoms with van der Waals surface area (Å²) in [5, 5.41) is 0. The van der Waals surface area contributed by atoms with Crippen molar-refractivity contribution >= 4 is 52.3 Å². The molecule has 0 bridgehead atoms. The lowest BCUT2D eigenvalue weighted by atomic mass is 10.5. The standard InChI is InChI=1S/C9H23O6Si2.C6H17O6Si2.C3H7O.Al/c1-7(2)12-16(10)15-17(11,13-8(3)4)14-9(5)6;1-5(2)10-13(7)12-14(8,9)11-6(3)4;1-3(2)4;/h7-9,11,16H,1-6H3;5-8,13H,1-4H3;3H,1-2H3;/q3*-1;+2/t16-;13-,14-;;/m00../s1. The van der Waals surface area contributed by atoms with Gasteiger partial charge in [-0.05, 0) is 89.2 Å². The molecule has 3 atom stereocenters. The van der Waals surface area contributed by atoms with E-state index in [4.69, 9.17) is 41.1 Å². The molecule has 0 rings (SSSR count). The van der Waals surface area contributed by atoms with Gasteiger partial charge in [0, 0.05) is 30.5 Å². The van der Waals surface area contributed by atoms with Crippen LogP contribution in [0.5, 0.6) is 0 Å². The maximum absolute atomic E-state index is 11.1. The molecule has 0 heterocycles. The Balaban J connectivity index is 5.94. The smallest absolute Gasteiger partial charge is 0.640 e. The molecule has 0 fully saturated rings. The van der Waals surface area contributed by atoms with Gasteiger partial charge in [0.1, 0.15) is 0 Å². The molecule has 36 heavy (non-hydrogen) atoms. The minimum absolute atomic E-state index is 0.339. The third-order valence-corrected chi connectivity index (χ3v) is 15.6. The zero-order valence-electron chi connectivity index (χ0n) is 23.6. The zero-order chi connectivity index (χ0) is 28.3. The van der Waals surface area contributed by atoms with Gasteiger partial charge in [0.2, 0.25) is 0 Å². The van der Waals surface area contributed by atoms with E-state index >= 15 is 0 Å². The van der Waals surface area contributed by atoms with Gasteiger partial charge in [0.15, 0.2) is 0 Å². The maximum atomic E-state index is 11.1. The topological polar surface area (TPSA) is 153 Å². The molecule has 18 heteroatoms. The van der Waals surface area contributed by atoms with Gasteiger partial charge >= 0.3 is 52.3 Å². The van der Waals surface area contributed by atoms with Crippen molar-refractivity contribution in [3.63, 3.8) is 0 Å². The van der Waals surface area contributed by atoms with E-state index < -0.39 is 70.6 Å². The highest BCUT2D eigenvalue weighted by atomic mass is 28.5. The first kappa shape index (κ1) is 36.9. The molecule has 3 N–H and O–H groups in total. The molecule has 0 unspecified atom stereocenters. The molecule has 1 radical (unpaired) electrons. The molecule has 0 aromatic carbocycles. The minimum atomic E-state index is -4.49. The lowest BCUT2D eigenvalue weighted by Gasteiger charge is -2.41. The first-order valence-corrected chi connectivity index (χ1v) is 19.8. The molecule has 0 aliphatic carbocycles. The summed E-state index contributed by atoms with van der Waals surface area (Å²) in [5.41, 5.74) is 0. The van der Waals surface area contributed by atoms with E-state index in [-0.39, 0.29) is 18.3 Å². The van der Waals surface area contributed by atoms with Gasteiger partial charge in [-0.3, -0.25) is 0 Å². The molecule has 13 nitrogen and oxygen atoms in total. The van der Waals surface area contributed by atoms with E-state index in [0.717, 1.165) is 0 Å². The molecule has 0 aliphatic rings. The van der Waals surface area contributed by atoms with E-state index in [0.29, 0.717) is 0 Å². The van der Waals surface area contributed by atoms with Gasteiger partial charge in [-0.15, -0.1) is 0 Å². The van der Waals surface area contributed by atoms with Crippen LogP contribution in [0.3, 0.4) is 0 Å². The first-order valence-electron chi connectivity index (χ1n) is 12.2. The Morgan fingerprint density at radius 3 is 1.42 bits per heavy atom. The Morgan fingerprint density at radius 2 is 1.03 bits per heavy atom.